The summed E-state index contributed by atoms with van der Waals surface area (Å²) < 4.78 is 5.22. The predicted octanol–water partition coefficient (Wildman–Crippen LogP) is 1.51. The molecule has 0 aliphatic rings. The topological polar surface area (TPSA) is 77.0 Å². The van der Waals surface area contributed by atoms with E-state index in [0.29, 0.717) is 18.5 Å². The Morgan fingerprint density at radius 3 is 2.93 bits per heavy atom. The zero-order valence-corrected chi connectivity index (χ0v) is 9.17. The molecule has 0 unspecified atom stereocenters. The second-order valence-electron chi connectivity index (χ2n) is 3.14. The minimum absolute atomic E-state index is 0.270. The Hall–Kier alpha value is -1.40. The van der Waals surface area contributed by atoms with Crippen LogP contribution in [0.5, 0.6) is 0 Å². The van der Waals surface area contributed by atoms with Gasteiger partial charge in [-0.05, 0) is 28.8 Å². The first-order valence-corrected chi connectivity index (χ1v) is 5.52. The number of hydrogen-bond acceptors (Lipinski definition) is 6. The fourth-order valence-corrected chi connectivity index (χ4v) is 2.00. The lowest BCUT2D eigenvalue weighted by Crippen LogP contribution is -1.99. The molecule has 0 saturated carbocycles. The third-order valence-electron chi connectivity index (χ3n) is 2.03. The van der Waals surface area contributed by atoms with E-state index < -0.39 is 0 Å². The van der Waals surface area contributed by atoms with E-state index in [-0.39, 0.29) is 6.54 Å². The van der Waals surface area contributed by atoms with Crippen molar-refractivity contribution in [2.75, 3.05) is 5.32 Å². The van der Waals surface area contributed by atoms with Crippen LogP contribution in [0.25, 0.3) is 0 Å². The molecule has 0 aromatic carbocycles. The molecule has 0 aliphatic heterocycles. The van der Waals surface area contributed by atoms with Crippen LogP contribution in [0.15, 0.2) is 15.2 Å². The lowest BCUT2D eigenvalue weighted by atomic mass is 10.2. The van der Waals surface area contributed by atoms with Crippen LogP contribution in [-0.2, 0) is 13.1 Å². The van der Waals surface area contributed by atoms with E-state index in [4.69, 9.17) is 10.2 Å². The maximum absolute atomic E-state index is 5.36. The molecule has 0 amide bonds. The number of thiophene rings is 1. The third-order valence-corrected chi connectivity index (χ3v) is 2.94. The van der Waals surface area contributed by atoms with E-state index in [1.165, 1.54) is 11.1 Å². The Balaban J connectivity index is 1.96. The molecule has 2 aromatic heterocycles. The van der Waals surface area contributed by atoms with Gasteiger partial charge in [0.25, 0.3) is 0 Å². The fourth-order valence-electron chi connectivity index (χ4n) is 1.15. The summed E-state index contributed by atoms with van der Waals surface area (Å²) in [7, 11) is 0. The number of nitrogens with one attached hydrogen (secondary N) is 1. The molecule has 3 N–H and O–H groups in total. The minimum atomic E-state index is 0.270. The number of nitrogens with zero attached hydrogens (tertiary/aromatic N) is 2. The molecular weight excluding hydrogens is 212 g/mol. The average molecular weight is 224 g/mol. The maximum atomic E-state index is 5.36. The number of hydrogen-bond donors (Lipinski definition) is 2. The van der Waals surface area contributed by atoms with E-state index in [1.807, 2.05) is 0 Å². The van der Waals surface area contributed by atoms with Crippen molar-refractivity contribution in [3.63, 3.8) is 0 Å². The van der Waals surface area contributed by atoms with E-state index in [1.54, 1.807) is 11.3 Å². The molecule has 2 aromatic rings. The molecule has 2 rings (SSSR count). The summed E-state index contributed by atoms with van der Waals surface area (Å²) in [6, 6.07) is 0.418. The van der Waals surface area contributed by atoms with E-state index in [0.717, 1.165) is 0 Å². The van der Waals surface area contributed by atoms with Crippen LogP contribution in [-0.4, -0.2) is 10.2 Å². The van der Waals surface area contributed by atoms with Gasteiger partial charge in [-0.2, -0.15) is 11.3 Å². The normalized spacial score (nSPS) is 10.5. The van der Waals surface area contributed by atoms with Gasteiger partial charge in [0, 0.05) is 6.54 Å². The van der Waals surface area contributed by atoms with E-state index in [2.05, 4.69) is 33.2 Å². The van der Waals surface area contributed by atoms with Crippen LogP contribution in [0.4, 0.5) is 6.01 Å². The highest BCUT2D eigenvalue weighted by molar-refractivity contribution is 7.08. The molecule has 0 saturated heterocycles. The van der Waals surface area contributed by atoms with Gasteiger partial charge >= 0.3 is 6.01 Å². The second kappa shape index (κ2) is 4.41. The summed E-state index contributed by atoms with van der Waals surface area (Å²) in [5, 5.41) is 14.8. The number of rotatable bonds is 4. The summed E-state index contributed by atoms with van der Waals surface area (Å²) >= 11 is 1.68. The molecule has 2 heterocycles. The zero-order valence-electron chi connectivity index (χ0n) is 8.36. The Labute approximate surface area is 91.3 Å². The molecule has 80 valence electrons. The van der Waals surface area contributed by atoms with E-state index in [9.17, 15) is 0 Å². The van der Waals surface area contributed by atoms with Gasteiger partial charge in [0.05, 0.1) is 6.54 Å². The quantitative estimate of drug-likeness (QED) is 0.823. The van der Waals surface area contributed by atoms with Gasteiger partial charge in [0.2, 0.25) is 5.89 Å². The van der Waals surface area contributed by atoms with Crippen LogP contribution in [0.2, 0.25) is 0 Å². The summed E-state index contributed by atoms with van der Waals surface area (Å²) in [5.74, 6) is 0.444. The van der Waals surface area contributed by atoms with Crippen molar-refractivity contribution in [2.45, 2.75) is 20.0 Å². The van der Waals surface area contributed by atoms with Gasteiger partial charge in [-0.15, -0.1) is 5.10 Å². The number of anilines is 1. The summed E-state index contributed by atoms with van der Waals surface area (Å²) in [4.78, 5) is 0. The summed E-state index contributed by atoms with van der Waals surface area (Å²) in [5.41, 5.74) is 7.87. The highest BCUT2D eigenvalue weighted by atomic mass is 32.1. The monoisotopic (exact) mass is 224 g/mol. The van der Waals surface area contributed by atoms with Crippen molar-refractivity contribution in [1.29, 1.82) is 0 Å². The summed E-state index contributed by atoms with van der Waals surface area (Å²) in [6.07, 6.45) is 0. The lowest BCUT2D eigenvalue weighted by molar-refractivity contribution is 0.507. The van der Waals surface area contributed by atoms with Crippen LogP contribution in [0.3, 0.4) is 0 Å². The zero-order chi connectivity index (χ0) is 10.7. The molecule has 0 aliphatic carbocycles. The SMILES string of the molecule is Cc1cscc1CNc1nnc(CN)o1. The third kappa shape index (κ3) is 2.34. The van der Waals surface area contributed by atoms with Crippen LogP contribution >= 0.6 is 11.3 Å². The van der Waals surface area contributed by atoms with Gasteiger partial charge in [-0.3, -0.25) is 0 Å². The standard InChI is InChI=1S/C9H12N4OS/c1-6-4-15-5-7(6)3-11-9-13-12-8(2-10)14-9/h4-5H,2-3,10H2,1H3,(H,11,13). The van der Waals surface area contributed by atoms with Crippen molar-refractivity contribution in [3.05, 3.63) is 27.8 Å². The average Bonchev–Trinajstić information content (AvgIpc) is 2.84. The highest BCUT2D eigenvalue weighted by Crippen LogP contribution is 2.15. The Bertz CT molecular complexity index is 437. The molecule has 0 radical (unpaired) electrons. The Kier molecular flexibility index (Phi) is 2.98. The number of aromatic nitrogens is 2. The first-order valence-electron chi connectivity index (χ1n) is 4.57. The van der Waals surface area contributed by atoms with Crippen LogP contribution < -0.4 is 11.1 Å². The molecule has 0 bridgehead atoms. The first-order chi connectivity index (χ1) is 7.29. The van der Waals surface area contributed by atoms with Gasteiger partial charge in [-0.25, -0.2) is 0 Å². The predicted molar refractivity (Wildman–Crippen MR) is 58.6 cm³/mol. The van der Waals surface area contributed by atoms with Crippen molar-refractivity contribution in [1.82, 2.24) is 10.2 Å². The maximum Gasteiger partial charge on any atom is 0.315 e. The Morgan fingerprint density at radius 2 is 2.33 bits per heavy atom. The molecular formula is C9H12N4OS. The fraction of sp³-hybridized carbons (Fsp3) is 0.333. The van der Waals surface area contributed by atoms with Crippen LogP contribution in [0.1, 0.15) is 17.0 Å². The van der Waals surface area contributed by atoms with Gasteiger partial charge < -0.3 is 15.5 Å². The molecule has 15 heavy (non-hydrogen) atoms. The second-order valence-corrected chi connectivity index (χ2v) is 3.88. The van der Waals surface area contributed by atoms with Gasteiger partial charge in [0.15, 0.2) is 0 Å². The first kappa shape index (κ1) is 10.1. The van der Waals surface area contributed by atoms with Crippen molar-refractivity contribution < 1.29 is 4.42 Å². The molecule has 5 nitrogen and oxygen atoms in total. The molecule has 6 heteroatoms. The smallest absolute Gasteiger partial charge is 0.315 e. The van der Waals surface area contributed by atoms with Crippen molar-refractivity contribution in [2.24, 2.45) is 5.73 Å². The highest BCUT2D eigenvalue weighted by Gasteiger charge is 2.04. The van der Waals surface area contributed by atoms with Crippen molar-refractivity contribution >= 4 is 17.4 Å². The van der Waals surface area contributed by atoms with Crippen LogP contribution in [0, 0.1) is 6.92 Å². The number of aryl methyl sites for hydroxylation is 1. The Morgan fingerprint density at radius 1 is 1.47 bits per heavy atom. The van der Waals surface area contributed by atoms with Crippen molar-refractivity contribution in [3.8, 4) is 0 Å². The largest absolute Gasteiger partial charge is 0.407 e. The lowest BCUT2D eigenvalue weighted by Gasteiger charge is -1.99. The molecule has 0 spiro atoms. The number of nitrogens with two attached hydrogens (primary N) is 1. The van der Waals surface area contributed by atoms with Gasteiger partial charge in [0.1, 0.15) is 0 Å². The summed E-state index contributed by atoms with van der Waals surface area (Å²) in [6.45, 7) is 3.04. The molecule has 0 fully saturated rings. The molecule has 0 atom stereocenters. The van der Waals surface area contributed by atoms with Gasteiger partial charge in [-0.1, -0.05) is 5.10 Å². The van der Waals surface area contributed by atoms with E-state index >= 15 is 0 Å². The minimum Gasteiger partial charge on any atom is -0.407 e.